The highest BCUT2D eigenvalue weighted by Gasteiger charge is 2.12. The highest BCUT2D eigenvalue weighted by Crippen LogP contribution is 2.29. The van der Waals surface area contributed by atoms with Gasteiger partial charge in [0, 0.05) is 16.5 Å². The van der Waals surface area contributed by atoms with E-state index in [1.807, 2.05) is 17.5 Å². The maximum Gasteiger partial charge on any atom is 0.257 e. The van der Waals surface area contributed by atoms with Crippen molar-refractivity contribution in [1.29, 1.82) is 0 Å². The van der Waals surface area contributed by atoms with Crippen LogP contribution in [0, 0.1) is 20.8 Å². The first kappa shape index (κ1) is 18.1. The Morgan fingerprint density at radius 2 is 1.79 bits per heavy atom. The summed E-state index contributed by atoms with van der Waals surface area (Å²) in [4.78, 5) is 21.1. The fourth-order valence-corrected chi connectivity index (χ4v) is 3.67. The van der Waals surface area contributed by atoms with Gasteiger partial charge in [-0.15, -0.1) is 11.3 Å². The average molecular weight is 389 g/mol. The maximum atomic E-state index is 12.5. The number of hydrogen-bond donors (Lipinski definition) is 1. The molecule has 0 bridgehead atoms. The molecule has 0 aliphatic heterocycles. The van der Waals surface area contributed by atoms with Gasteiger partial charge in [0.1, 0.15) is 12.7 Å². The van der Waals surface area contributed by atoms with Crippen molar-refractivity contribution < 1.29 is 4.79 Å². The lowest BCUT2D eigenvalue weighted by atomic mass is 9.99. The maximum absolute atomic E-state index is 12.5. The van der Waals surface area contributed by atoms with Gasteiger partial charge in [0.05, 0.1) is 11.4 Å². The summed E-state index contributed by atoms with van der Waals surface area (Å²) in [5, 5.41) is 9.51. The minimum atomic E-state index is -0.192. The molecule has 4 rings (SSSR count). The summed E-state index contributed by atoms with van der Waals surface area (Å²) in [7, 11) is 0. The number of nitrogens with zero attached hydrogens (tertiary/aromatic N) is 4. The van der Waals surface area contributed by atoms with E-state index in [1.165, 1.54) is 34.4 Å². The van der Waals surface area contributed by atoms with E-state index in [4.69, 9.17) is 0 Å². The van der Waals surface area contributed by atoms with Crippen molar-refractivity contribution in [3.63, 3.8) is 0 Å². The minimum Gasteiger partial charge on any atom is -0.298 e. The SMILES string of the molecule is Cc1cc(C)c(-c2csc(NC(=O)c3ccc(-n4cncn4)cc3)n2)cc1C. The summed E-state index contributed by atoms with van der Waals surface area (Å²) in [6, 6.07) is 11.5. The smallest absolute Gasteiger partial charge is 0.257 e. The molecule has 140 valence electrons. The number of carbonyl (C=O) groups excluding carboxylic acids is 1. The van der Waals surface area contributed by atoms with E-state index in [2.05, 4.69) is 53.3 Å². The fraction of sp³-hybridized carbons (Fsp3) is 0.143. The molecule has 6 nitrogen and oxygen atoms in total. The molecule has 2 aromatic carbocycles. The fourth-order valence-electron chi connectivity index (χ4n) is 2.97. The lowest BCUT2D eigenvalue weighted by Gasteiger charge is -2.07. The van der Waals surface area contributed by atoms with Gasteiger partial charge >= 0.3 is 0 Å². The Morgan fingerprint density at radius 1 is 1.04 bits per heavy atom. The molecule has 0 aliphatic rings. The summed E-state index contributed by atoms with van der Waals surface area (Å²) in [6.45, 7) is 6.28. The van der Waals surface area contributed by atoms with Crippen molar-refractivity contribution in [1.82, 2.24) is 19.7 Å². The molecule has 0 saturated carbocycles. The molecule has 28 heavy (non-hydrogen) atoms. The molecule has 1 N–H and O–H groups in total. The monoisotopic (exact) mass is 389 g/mol. The van der Waals surface area contributed by atoms with Gasteiger partial charge in [0.15, 0.2) is 5.13 Å². The molecule has 4 aromatic rings. The Kier molecular flexibility index (Phi) is 4.75. The van der Waals surface area contributed by atoms with Gasteiger partial charge in [0.25, 0.3) is 5.91 Å². The van der Waals surface area contributed by atoms with E-state index >= 15 is 0 Å². The molecular formula is C21H19N5OS. The lowest BCUT2D eigenvalue weighted by Crippen LogP contribution is -2.11. The van der Waals surface area contributed by atoms with Crippen LogP contribution in [0.25, 0.3) is 16.9 Å². The second-order valence-corrected chi connectivity index (χ2v) is 7.49. The van der Waals surface area contributed by atoms with Crippen LogP contribution in [0.2, 0.25) is 0 Å². The Balaban J connectivity index is 1.51. The van der Waals surface area contributed by atoms with Crippen molar-refractivity contribution >= 4 is 22.4 Å². The van der Waals surface area contributed by atoms with E-state index in [9.17, 15) is 4.79 Å². The van der Waals surface area contributed by atoms with Crippen molar-refractivity contribution in [3.05, 3.63) is 76.7 Å². The number of benzene rings is 2. The molecule has 1 amide bonds. The first-order valence-corrected chi connectivity index (χ1v) is 9.69. The molecule has 0 aliphatic carbocycles. The van der Waals surface area contributed by atoms with E-state index in [-0.39, 0.29) is 5.91 Å². The van der Waals surface area contributed by atoms with Crippen LogP contribution < -0.4 is 5.32 Å². The molecule has 0 unspecified atom stereocenters. The van der Waals surface area contributed by atoms with Crippen LogP contribution in [0.3, 0.4) is 0 Å². The van der Waals surface area contributed by atoms with Gasteiger partial charge in [-0.3, -0.25) is 10.1 Å². The predicted molar refractivity (Wildman–Crippen MR) is 111 cm³/mol. The summed E-state index contributed by atoms with van der Waals surface area (Å²) < 4.78 is 1.64. The number of anilines is 1. The molecule has 0 fully saturated rings. The molecule has 0 saturated heterocycles. The van der Waals surface area contributed by atoms with Crippen LogP contribution in [0.4, 0.5) is 5.13 Å². The second kappa shape index (κ2) is 7.36. The highest BCUT2D eigenvalue weighted by molar-refractivity contribution is 7.14. The van der Waals surface area contributed by atoms with Crippen LogP contribution in [-0.4, -0.2) is 25.7 Å². The quantitative estimate of drug-likeness (QED) is 0.555. The molecule has 2 heterocycles. The molecule has 0 radical (unpaired) electrons. The predicted octanol–water partition coefficient (Wildman–Crippen LogP) is 4.57. The van der Waals surface area contributed by atoms with Gasteiger partial charge in [0.2, 0.25) is 0 Å². The number of nitrogens with one attached hydrogen (secondary N) is 1. The zero-order valence-corrected chi connectivity index (χ0v) is 16.6. The number of aromatic nitrogens is 4. The van der Waals surface area contributed by atoms with Crippen LogP contribution in [-0.2, 0) is 0 Å². The van der Waals surface area contributed by atoms with Crippen LogP contribution >= 0.6 is 11.3 Å². The first-order valence-electron chi connectivity index (χ1n) is 8.81. The van der Waals surface area contributed by atoms with Crippen LogP contribution in [0.1, 0.15) is 27.0 Å². The summed E-state index contributed by atoms with van der Waals surface area (Å²) in [6.07, 6.45) is 3.08. The number of hydrogen-bond acceptors (Lipinski definition) is 5. The summed E-state index contributed by atoms with van der Waals surface area (Å²) in [5.41, 5.74) is 7.04. The number of thiazole rings is 1. The Hall–Kier alpha value is -3.32. The molecular weight excluding hydrogens is 370 g/mol. The Labute approximate surface area is 166 Å². The topological polar surface area (TPSA) is 72.7 Å². The zero-order chi connectivity index (χ0) is 19.7. The molecule has 7 heteroatoms. The number of rotatable bonds is 4. The zero-order valence-electron chi connectivity index (χ0n) is 15.8. The van der Waals surface area contributed by atoms with E-state index in [0.29, 0.717) is 10.7 Å². The standard InChI is InChI=1S/C21H19N5OS/c1-13-8-15(3)18(9-14(13)2)19-10-28-21(24-19)25-20(27)16-4-6-17(7-5-16)26-12-22-11-23-26/h4-12H,1-3H3,(H,24,25,27). The largest absolute Gasteiger partial charge is 0.298 e. The number of carbonyl (C=O) groups is 1. The van der Waals surface area contributed by atoms with E-state index in [1.54, 1.807) is 23.1 Å². The third-order valence-electron chi connectivity index (χ3n) is 4.65. The van der Waals surface area contributed by atoms with Gasteiger partial charge in [-0.05, 0) is 67.8 Å². The Morgan fingerprint density at radius 3 is 2.50 bits per heavy atom. The van der Waals surface area contributed by atoms with Gasteiger partial charge in [-0.2, -0.15) is 5.10 Å². The summed E-state index contributed by atoms with van der Waals surface area (Å²) >= 11 is 1.42. The van der Waals surface area contributed by atoms with Crippen molar-refractivity contribution in [2.24, 2.45) is 0 Å². The van der Waals surface area contributed by atoms with Crippen molar-refractivity contribution in [2.75, 3.05) is 5.32 Å². The second-order valence-electron chi connectivity index (χ2n) is 6.63. The lowest BCUT2D eigenvalue weighted by molar-refractivity contribution is 0.102. The van der Waals surface area contributed by atoms with Gasteiger partial charge < -0.3 is 0 Å². The van der Waals surface area contributed by atoms with Crippen LogP contribution in [0.15, 0.2) is 54.4 Å². The number of amides is 1. The van der Waals surface area contributed by atoms with E-state index < -0.39 is 0 Å². The summed E-state index contributed by atoms with van der Waals surface area (Å²) in [5.74, 6) is -0.192. The minimum absolute atomic E-state index is 0.192. The number of aryl methyl sites for hydroxylation is 3. The van der Waals surface area contributed by atoms with Crippen molar-refractivity contribution in [2.45, 2.75) is 20.8 Å². The normalized spacial score (nSPS) is 10.8. The third-order valence-corrected chi connectivity index (χ3v) is 5.41. The Bertz CT molecular complexity index is 1130. The molecule has 2 aromatic heterocycles. The first-order chi connectivity index (χ1) is 13.5. The average Bonchev–Trinajstić information content (AvgIpc) is 3.37. The highest BCUT2D eigenvalue weighted by atomic mass is 32.1. The van der Waals surface area contributed by atoms with Gasteiger partial charge in [-0.1, -0.05) is 6.07 Å². The van der Waals surface area contributed by atoms with E-state index in [0.717, 1.165) is 16.9 Å². The molecule has 0 atom stereocenters. The third kappa shape index (κ3) is 3.57. The van der Waals surface area contributed by atoms with Crippen LogP contribution in [0.5, 0.6) is 0 Å². The molecule has 0 spiro atoms. The van der Waals surface area contributed by atoms with Crippen molar-refractivity contribution in [3.8, 4) is 16.9 Å². The van der Waals surface area contributed by atoms with Gasteiger partial charge in [-0.25, -0.2) is 14.6 Å².